The van der Waals surface area contributed by atoms with E-state index < -0.39 is 15.6 Å². The minimum absolute atomic E-state index is 0.246. The van der Waals surface area contributed by atoms with E-state index in [1.807, 2.05) is 6.92 Å². The molecular weight excluding hydrogens is 402 g/mol. The highest BCUT2D eigenvalue weighted by atomic mass is 31.3. The molecule has 4 atom stereocenters. The van der Waals surface area contributed by atoms with Crippen molar-refractivity contribution in [1.82, 2.24) is 0 Å². The van der Waals surface area contributed by atoms with Crippen LogP contribution in [0, 0.1) is 23.2 Å². The molecule has 0 spiro atoms. The maximum atomic E-state index is 11.5. The van der Waals surface area contributed by atoms with Crippen molar-refractivity contribution in [3.8, 4) is 0 Å². The van der Waals surface area contributed by atoms with Crippen molar-refractivity contribution in [2.45, 2.75) is 65.7 Å². The van der Waals surface area contributed by atoms with Crippen molar-refractivity contribution in [3.63, 3.8) is 0 Å². The minimum Gasteiger partial charge on any atom is -0.302 e. The zero-order valence-electron chi connectivity index (χ0n) is 17.0. The zero-order valence-corrected chi connectivity index (χ0v) is 18.8. The summed E-state index contributed by atoms with van der Waals surface area (Å²) in [6.45, 7) is 10.8. The summed E-state index contributed by atoms with van der Waals surface area (Å²) in [6.07, 6.45) is 9.62. The molecule has 3 N–H and O–H groups in total. The number of hydrogen-bond acceptors (Lipinski definition) is 4. The molecule has 2 saturated carbocycles. The third-order valence-corrected chi connectivity index (χ3v) is 8.58. The van der Waals surface area contributed by atoms with Crippen LogP contribution < -0.4 is 0 Å². The first-order valence-corrected chi connectivity index (χ1v) is 12.9. The fourth-order valence-electron chi connectivity index (χ4n) is 5.01. The van der Waals surface area contributed by atoms with E-state index in [9.17, 15) is 14.0 Å². The average Bonchev–Trinajstić information content (AvgIpc) is 2.50. The van der Waals surface area contributed by atoms with E-state index >= 15 is 0 Å². The van der Waals surface area contributed by atoms with Gasteiger partial charge in [-0.05, 0) is 68.6 Å². The summed E-state index contributed by atoms with van der Waals surface area (Å²) in [5.74, 6) is 1.93. The van der Waals surface area contributed by atoms with Crippen molar-refractivity contribution in [2.75, 3.05) is 6.61 Å². The largest absolute Gasteiger partial charge is 0.481 e. The van der Waals surface area contributed by atoms with E-state index in [4.69, 9.17) is 9.79 Å². The molecule has 2 aliphatic carbocycles. The predicted octanol–water partition coefficient (Wildman–Crippen LogP) is 5.35. The van der Waals surface area contributed by atoms with Gasteiger partial charge < -0.3 is 14.7 Å². The van der Waals surface area contributed by atoms with Crippen LogP contribution in [0.2, 0.25) is 0 Å². The molecular formula is C19H34O7P2. The molecule has 2 rings (SSSR count). The van der Waals surface area contributed by atoms with Gasteiger partial charge in [-0.2, -0.15) is 4.31 Å². The van der Waals surface area contributed by atoms with Crippen LogP contribution in [0.5, 0.6) is 0 Å². The lowest BCUT2D eigenvalue weighted by Gasteiger charge is -2.51. The number of phosphoric ester groups is 1. The van der Waals surface area contributed by atoms with E-state index in [0.717, 1.165) is 30.8 Å². The molecule has 28 heavy (non-hydrogen) atoms. The summed E-state index contributed by atoms with van der Waals surface area (Å²) in [7, 11) is -9.86. The molecule has 0 bridgehead atoms. The number of allylic oxidation sites excluding steroid dienone is 2. The Morgan fingerprint density at radius 3 is 2.61 bits per heavy atom. The standard InChI is InChI=1S/C19H34O7P2/c1-14(11-13-25-28(23,24)26-27(20,21)22)7-9-16-15(2)8-10-18-17(16)6-5-12-19(18,3)4/h11,16-18H,2,5-10,12-13H2,1,3-4H3,(H,23,24)(H2,20,21,22)/b14-11+/t16-,17?,18+/m1/s1. The first-order valence-electron chi connectivity index (χ1n) is 9.88. The SMILES string of the molecule is C=C1CC[C@H]2C(CCCC2(C)C)[C@@H]1CC/C(C)=C/COP(=O)(O)OP(=O)(O)O. The lowest BCUT2D eigenvalue weighted by Crippen LogP contribution is -2.41. The normalized spacial score (nSPS) is 30.6. The maximum Gasteiger partial charge on any atom is 0.481 e. The second-order valence-electron chi connectivity index (χ2n) is 8.88. The highest BCUT2D eigenvalue weighted by Crippen LogP contribution is 2.57. The van der Waals surface area contributed by atoms with Gasteiger partial charge >= 0.3 is 15.6 Å². The lowest BCUT2D eigenvalue weighted by molar-refractivity contribution is 0.0228. The Morgan fingerprint density at radius 1 is 1.29 bits per heavy atom. The fourth-order valence-corrected chi connectivity index (χ4v) is 6.54. The lowest BCUT2D eigenvalue weighted by atomic mass is 9.54. The van der Waals surface area contributed by atoms with Gasteiger partial charge in [0.25, 0.3) is 0 Å². The van der Waals surface area contributed by atoms with Crippen LogP contribution >= 0.6 is 15.6 Å². The smallest absolute Gasteiger partial charge is 0.302 e. The summed E-state index contributed by atoms with van der Waals surface area (Å²) in [4.78, 5) is 26.5. The molecule has 0 aromatic carbocycles. The molecule has 0 amide bonds. The summed E-state index contributed by atoms with van der Waals surface area (Å²) < 4.78 is 30.5. The Hall–Kier alpha value is -0.260. The molecule has 162 valence electrons. The molecule has 0 radical (unpaired) electrons. The quantitative estimate of drug-likeness (QED) is 0.347. The van der Waals surface area contributed by atoms with Gasteiger partial charge in [0.2, 0.25) is 0 Å². The highest BCUT2D eigenvalue weighted by Gasteiger charge is 2.44. The summed E-state index contributed by atoms with van der Waals surface area (Å²) in [6, 6.07) is 0. The van der Waals surface area contributed by atoms with E-state index in [0.29, 0.717) is 17.3 Å². The summed E-state index contributed by atoms with van der Waals surface area (Å²) in [5, 5.41) is 0. The Kier molecular flexibility index (Phi) is 7.94. The summed E-state index contributed by atoms with van der Waals surface area (Å²) >= 11 is 0. The molecule has 9 heteroatoms. The van der Waals surface area contributed by atoms with Crippen LogP contribution in [0.1, 0.15) is 65.7 Å². The second kappa shape index (κ2) is 9.26. The van der Waals surface area contributed by atoms with E-state index in [-0.39, 0.29) is 6.61 Å². The van der Waals surface area contributed by atoms with Gasteiger partial charge in [-0.3, -0.25) is 4.52 Å². The van der Waals surface area contributed by atoms with Crippen molar-refractivity contribution in [2.24, 2.45) is 23.2 Å². The first-order chi connectivity index (χ1) is 12.8. The monoisotopic (exact) mass is 436 g/mol. The van der Waals surface area contributed by atoms with E-state index in [1.54, 1.807) is 6.08 Å². The zero-order chi connectivity index (χ0) is 21.2. The van der Waals surface area contributed by atoms with Crippen LogP contribution in [0.4, 0.5) is 0 Å². The topological polar surface area (TPSA) is 113 Å². The molecule has 7 nitrogen and oxygen atoms in total. The van der Waals surface area contributed by atoms with Crippen molar-refractivity contribution in [3.05, 3.63) is 23.8 Å². The second-order valence-corrected chi connectivity index (χ2v) is 11.7. The van der Waals surface area contributed by atoms with Gasteiger partial charge in [-0.1, -0.05) is 44.1 Å². The molecule has 0 aromatic heterocycles. The Labute approximate surface area is 168 Å². The Morgan fingerprint density at radius 2 is 1.96 bits per heavy atom. The molecule has 0 saturated heterocycles. The third kappa shape index (κ3) is 6.91. The van der Waals surface area contributed by atoms with Crippen molar-refractivity contribution >= 4 is 15.6 Å². The molecule has 2 aliphatic rings. The minimum atomic E-state index is -5.08. The highest BCUT2D eigenvalue weighted by molar-refractivity contribution is 7.60. The number of rotatable bonds is 8. The van der Waals surface area contributed by atoms with Gasteiger partial charge in [0.1, 0.15) is 0 Å². The van der Waals surface area contributed by atoms with Crippen LogP contribution in [-0.4, -0.2) is 21.3 Å². The Bertz CT molecular complexity index is 694. The fraction of sp³-hybridized carbons (Fsp3) is 0.789. The van der Waals surface area contributed by atoms with E-state index in [1.165, 1.54) is 31.3 Å². The van der Waals surface area contributed by atoms with Gasteiger partial charge in [0.15, 0.2) is 0 Å². The number of phosphoric acid groups is 2. The maximum absolute atomic E-state index is 11.5. The Balaban J connectivity index is 1.89. The van der Waals surface area contributed by atoms with Crippen molar-refractivity contribution < 1.29 is 32.6 Å². The molecule has 2 fully saturated rings. The van der Waals surface area contributed by atoms with Gasteiger partial charge in [0, 0.05) is 0 Å². The molecule has 0 aromatic rings. The number of hydrogen-bond donors (Lipinski definition) is 3. The first kappa shape index (κ1) is 24.0. The van der Waals surface area contributed by atoms with Crippen LogP contribution in [-0.2, 0) is 18.0 Å². The van der Waals surface area contributed by atoms with Crippen LogP contribution in [0.15, 0.2) is 23.8 Å². The van der Waals surface area contributed by atoms with Crippen molar-refractivity contribution in [1.29, 1.82) is 0 Å². The van der Waals surface area contributed by atoms with E-state index in [2.05, 4.69) is 29.3 Å². The molecule has 2 unspecified atom stereocenters. The molecule has 0 aliphatic heterocycles. The van der Waals surface area contributed by atoms with Crippen LogP contribution in [0.3, 0.4) is 0 Å². The van der Waals surface area contributed by atoms with Gasteiger partial charge in [0.05, 0.1) is 6.61 Å². The van der Waals surface area contributed by atoms with Crippen LogP contribution in [0.25, 0.3) is 0 Å². The molecule has 0 heterocycles. The van der Waals surface area contributed by atoms with Gasteiger partial charge in [-0.25, -0.2) is 9.13 Å². The summed E-state index contributed by atoms with van der Waals surface area (Å²) in [5.41, 5.74) is 2.74. The average molecular weight is 436 g/mol. The predicted molar refractivity (Wildman–Crippen MR) is 108 cm³/mol. The third-order valence-electron chi connectivity index (χ3n) is 6.43. The number of fused-ring (bicyclic) bond motifs is 1. The van der Waals surface area contributed by atoms with Gasteiger partial charge in [-0.15, -0.1) is 0 Å².